The van der Waals surface area contributed by atoms with Gasteiger partial charge in [-0.25, -0.2) is 0 Å². The smallest absolute Gasteiger partial charge is 0.105 e. The third-order valence-corrected chi connectivity index (χ3v) is 2.00. The molecule has 0 saturated carbocycles. The maximum atomic E-state index is 5.35. The number of aryl methyl sites for hydroxylation is 2. The number of halogens is 1. The van der Waals surface area contributed by atoms with Gasteiger partial charge in [-0.15, -0.1) is 0 Å². The van der Waals surface area contributed by atoms with Crippen molar-refractivity contribution in [1.29, 1.82) is 0 Å². The molecule has 0 amide bonds. The predicted molar refractivity (Wildman–Crippen MR) is 45.5 cm³/mol. The van der Waals surface area contributed by atoms with E-state index in [4.69, 9.17) is 4.42 Å². The van der Waals surface area contributed by atoms with Crippen LogP contribution < -0.4 is 0 Å². The fraction of sp³-hybridized carbons (Fsp3) is 0.500. The van der Waals surface area contributed by atoms with Gasteiger partial charge in [0, 0.05) is 10.4 Å². The van der Waals surface area contributed by atoms with Crippen LogP contribution in [-0.4, -0.2) is 0 Å². The Kier molecular flexibility index (Phi) is 2.19. The normalized spacial score (nSPS) is 13.6. The molecule has 0 bridgehead atoms. The van der Waals surface area contributed by atoms with Crippen molar-refractivity contribution in [1.82, 2.24) is 0 Å². The zero-order valence-electron chi connectivity index (χ0n) is 6.44. The van der Waals surface area contributed by atoms with Gasteiger partial charge in [0.1, 0.15) is 11.5 Å². The van der Waals surface area contributed by atoms with Gasteiger partial charge in [0.2, 0.25) is 0 Å². The van der Waals surface area contributed by atoms with E-state index in [0.717, 1.165) is 11.5 Å². The van der Waals surface area contributed by atoms with Gasteiger partial charge in [-0.1, -0.05) is 15.9 Å². The van der Waals surface area contributed by atoms with Gasteiger partial charge in [-0.05, 0) is 26.8 Å². The summed E-state index contributed by atoms with van der Waals surface area (Å²) in [7, 11) is 0. The first-order valence-electron chi connectivity index (χ1n) is 3.32. The maximum absolute atomic E-state index is 5.35. The minimum Gasteiger partial charge on any atom is -0.466 e. The van der Waals surface area contributed by atoms with Crippen molar-refractivity contribution in [2.24, 2.45) is 0 Å². The molecule has 10 heavy (non-hydrogen) atoms. The lowest BCUT2D eigenvalue weighted by Crippen LogP contribution is -1.80. The summed E-state index contributed by atoms with van der Waals surface area (Å²) in [5.41, 5.74) is 1.25. The molecule has 1 rings (SSSR count). The van der Waals surface area contributed by atoms with Crippen LogP contribution in [0.15, 0.2) is 10.5 Å². The van der Waals surface area contributed by atoms with Crippen LogP contribution in [-0.2, 0) is 0 Å². The van der Waals surface area contributed by atoms with Gasteiger partial charge in [0.05, 0.1) is 0 Å². The molecule has 0 spiro atoms. The van der Waals surface area contributed by atoms with Crippen LogP contribution in [0.5, 0.6) is 0 Å². The Labute approximate surface area is 69.6 Å². The maximum Gasteiger partial charge on any atom is 0.105 e. The summed E-state index contributed by atoms with van der Waals surface area (Å²) >= 11 is 3.49. The summed E-state index contributed by atoms with van der Waals surface area (Å²) in [6.45, 7) is 6.04. The molecule has 0 aliphatic carbocycles. The van der Waals surface area contributed by atoms with Crippen molar-refractivity contribution in [3.63, 3.8) is 0 Å². The Hall–Kier alpha value is -0.240. The molecule has 0 radical (unpaired) electrons. The molecular formula is C8H11BrO. The van der Waals surface area contributed by atoms with Gasteiger partial charge in [-0.2, -0.15) is 0 Å². The first-order chi connectivity index (χ1) is 4.61. The summed E-state index contributed by atoms with van der Waals surface area (Å²) in [4.78, 5) is 0.393. The molecule has 0 aliphatic rings. The number of rotatable bonds is 1. The molecule has 0 aliphatic heterocycles. The molecule has 1 nitrogen and oxygen atoms in total. The van der Waals surface area contributed by atoms with Crippen LogP contribution in [0.4, 0.5) is 0 Å². The first kappa shape index (κ1) is 7.86. The number of hydrogen-bond acceptors (Lipinski definition) is 1. The summed E-state index contributed by atoms with van der Waals surface area (Å²) in [5, 5.41) is 0. The Morgan fingerprint density at radius 2 is 2.10 bits per heavy atom. The standard InChI is InChI=1S/C8H11BrO/c1-5-4-8(6(2)9)7(3)10-5/h4,6H,1-3H3. The Morgan fingerprint density at radius 3 is 2.30 bits per heavy atom. The fourth-order valence-electron chi connectivity index (χ4n) is 1.05. The Bertz CT molecular complexity index is 225. The second-order valence-electron chi connectivity index (χ2n) is 2.48. The molecule has 2 heteroatoms. The summed E-state index contributed by atoms with van der Waals surface area (Å²) in [6, 6.07) is 2.06. The van der Waals surface area contributed by atoms with Crippen LogP contribution in [0, 0.1) is 13.8 Å². The van der Waals surface area contributed by atoms with Crippen molar-refractivity contribution in [2.45, 2.75) is 25.6 Å². The van der Waals surface area contributed by atoms with E-state index in [0.29, 0.717) is 4.83 Å². The molecule has 0 N–H and O–H groups in total. The quantitative estimate of drug-likeness (QED) is 0.638. The van der Waals surface area contributed by atoms with E-state index in [1.165, 1.54) is 5.56 Å². The van der Waals surface area contributed by atoms with E-state index in [1.54, 1.807) is 0 Å². The summed E-state index contributed by atoms with van der Waals surface area (Å²) in [6.07, 6.45) is 0. The zero-order valence-corrected chi connectivity index (χ0v) is 8.03. The monoisotopic (exact) mass is 202 g/mol. The van der Waals surface area contributed by atoms with Crippen LogP contribution in [0.25, 0.3) is 0 Å². The highest BCUT2D eigenvalue weighted by molar-refractivity contribution is 9.09. The lowest BCUT2D eigenvalue weighted by molar-refractivity contribution is 0.501. The van der Waals surface area contributed by atoms with Gasteiger partial charge < -0.3 is 4.42 Å². The summed E-state index contributed by atoms with van der Waals surface area (Å²) < 4.78 is 5.35. The number of hydrogen-bond donors (Lipinski definition) is 0. The molecule has 1 unspecified atom stereocenters. The van der Waals surface area contributed by atoms with E-state index in [1.807, 2.05) is 13.8 Å². The van der Waals surface area contributed by atoms with Crippen LogP contribution in [0.1, 0.15) is 28.8 Å². The van der Waals surface area contributed by atoms with Gasteiger partial charge in [0.25, 0.3) is 0 Å². The Morgan fingerprint density at radius 1 is 1.50 bits per heavy atom. The molecule has 0 saturated heterocycles. The average Bonchev–Trinajstić information content (AvgIpc) is 2.10. The van der Waals surface area contributed by atoms with Gasteiger partial charge in [-0.3, -0.25) is 0 Å². The van der Waals surface area contributed by atoms with E-state index < -0.39 is 0 Å². The molecule has 0 fully saturated rings. The SMILES string of the molecule is Cc1cc(C(C)Br)c(C)o1. The van der Waals surface area contributed by atoms with Crippen LogP contribution in [0.3, 0.4) is 0 Å². The molecule has 1 aromatic rings. The van der Waals surface area contributed by atoms with Crippen LogP contribution in [0.2, 0.25) is 0 Å². The topological polar surface area (TPSA) is 13.1 Å². The highest BCUT2D eigenvalue weighted by atomic mass is 79.9. The first-order valence-corrected chi connectivity index (χ1v) is 4.24. The van der Waals surface area contributed by atoms with Crippen molar-refractivity contribution in [3.8, 4) is 0 Å². The lowest BCUT2D eigenvalue weighted by atomic mass is 10.2. The predicted octanol–water partition coefficient (Wildman–Crippen LogP) is 3.35. The van der Waals surface area contributed by atoms with Gasteiger partial charge in [0.15, 0.2) is 0 Å². The zero-order chi connectivity index (χ0) is 7.72. The van der Waals surface area contributed by atoms with E-state index in [-0.39, 0.29) is 0 Å². The molecule has 1 atom stereocenters. The third-order valence-electron chi connectivity index (χ3n) is 1.51. The molecule has 1 aromatic heterocycles. The minimum atomic E-state index is 0.393. The van der Waals surface area contributed by atoms with Crippen molar-refractivity contribution < 1.29 is 4.42 Å². The lowest BCUT2D eigenvalue weighted by Gasteiger charge is -1.97. The highest BCUT2D eigenvalue weighted by Crippen LogP contribution is 2.27. The third kappa shape index (κ3) is 1.43. The number of alkyl halides is 1. The largest absolute Gasteiger partial charge is 0.466 e. The molecule has 1 heterocycles. The van der Waals surface area contributed by atoms with E-state index in [2.05, 4.69) is 28.9 Å². The van der Waals surface area contributed by atoms with E-state index >= 15 is 0 Å². The second kappa shape index (κ2) is 2.79. The van der Waals surface area contributed by atoms with Crippen molar-refractivity contribution >= 4 is 15.9 Å². The second-order valence-corrected chi connectivity index (χ2v) is 3.86. The molecule has 56 valence electrons. The van der Waals surface area contributed by atoms with Gasteiger partial charge >= 0.3 is 0 Å². The van der Waals surface area contributed by atoms with Crippen molar-refractivity contribution in [2.75, 3.05) is 0 Å². The van der Waals surface area contributed by atoms with Crippen molar-refractivity contribution in [3.05, 3.63) is 23.2 Å². The molecule has 0 aromatic carbocycles. The number of furan rings is 1. The fourth-order valence-corrected chi connectivity index (χ4v) is 1.50. The highest BCUT2D eigenvalue weighted by Gasteiger charge is 2.08. The average molecular weight is 203 g/mol. The molecular weight excluding hydrogens is 192 g/mol. The summed E-state index contributed by atoms with van der Waals surface area (Å²) in [5.74, 6) is 2.00. The van der Waals surface area contributed by atoms with Crippen LogP contribution >= 0.6 is 15.9 Å². The minimum absolute atomic E-state index is 0.393. The van der Waals surface area contributed by atoms with E-state index in [9.17, 15) is 0 Å². The Balaban J connectivity index is 3.03.